The van der Waals surface area contributed by atoms with E-state index in [4.69, 9.17) is 4.74 Å². The minimum Gasteiger partial charge on any atom is -0.462 e. The van der Waals surface area contributed by atoms with Crippen LogP contribution in [0.15, 0.2) is 0 Å². The first kappa shape index (κ1) is 15.8. The summed E-state index contributed by atoms with van der Waals surface area (Å²) in [6.07, 6.45) is 3.10. The van der Waals surface area contributed by atoms with Crippen LogP contribution in [0.25, 0.3) is 0 Å². The third-order valence-corrected chi connectivity index (χ3v) is 6.30. The Morgan fingerprint density at radius 3 is 2.65 bits per heavy atom. The van der Waals surface area contributed by atoms with E-state index in [2.05, 4.69) is 19.2 Å². The maximum Gasteiger partial charge on any atom is 0.307 e. The Labute approximate surface area is 121 Å². The van der Waals surface area contributed by atoms with Crippen LogP contribution in [-0.4, -0.2) is 44.6 Å². The normalized spacial score (nSPS) is 37.3. The molecule has 20 heavy (non-hydrogen) atoms. The summed E-state index contributed by atoms with van der Waals surface area (Å²) in [7, 11) is -3.00. The van der Waals surface area contributed by atoms with E-state index in [0.29, 0.717) is 18.4 Å². The average Bonchev–Trinajstić information content (AvgIpc) is 2.32. The van der Waals surface area contributed by atoms with Crippen molar-refractivity contribution in [2.75, 3.05) is 18.1 Å². The zero-order valence-electron chi connectivity index (χ0n) is 12.3. The molecule has 0 amide bonds. The Morgan fingerprint density at radius 1 is 1.25 bits per heavy atom. The lowest BCUT2D eigenvalue weighted by atomic mass is 9.80. The molecule has 0 aromatic heterocycles. The van der Waals surface area contributed by atoms with Gasteiger partial charge in [0.1, 0.15) is 6.10 Å². The van der Waals surface area contributed by atoms with Crippen molar-refractivity contribution in [2.24, 2.45) is 11.8 Å². The van der Waals surface area contributed by atoms with Gasteiger partial charge in [0, 0.05) is 12.6 Å². The highest BCUT2D eigenvalue weighted by Gasteiger charge is 2.30. The van der Waals surface area contributed by atoms with Crippen molar-refractivity contribution < 1.29 is 17.9 Å². The van der Waals surface area contributed by atoms with Crippen LogP contribution in [-0.2, 0) is 19.4 Å². The maximum atomic E-state index is 11.9. The standard InChI is InChI=1S/C14H25NO4S/c1-10-3-4-13(7-11(10)2)19-14(16)8-12-9-20(17,18)6-5-15-12/h10-13,15H,3-9H2,1-2H3. The van der Waals surface area contributed by atoms with Crippen LogP contribution < -0.4 is 5.32 Å². The van der Waals surface area contributed by atoms with Crippen LogP contribution in [0.1, 0.15) is 39.5 Å². The number of rotatable bonds is 3. The highest BCUT2D eigenvalue weighted by atomic mass is 32.2. The van der Waals surface area contributed by atoms with Crippen LogP contribution in [0.5, 0.6) is 0 Å². The van der Waals surface area contributed by atoms with Gasteiger partial charge in [-0.15, -0.1) is 0 Å². The number of hydrogen-bond donors (Lipinski definition) is 1. The lowest BCUT2D eigenvalue weighted by molar-refractivity contribution is -0.152. The van der Waals surface area contributed by atoms with Gasteiger partial charge in [0.25, 0.3) is 0 Å². The van der Waals surface area contributed by atoms with Gasteiger partial charge in [0.2, 0.25) is 0 Å². The fourth-order valence-electron chi connectivity index (χ4n) is 3.04. The van der Waals surface area contributed by atoms with E-state index in [0.717, 1.165) is 19.3 Å². The molecule has 0 bridgehead atoms. The van der Waals surface area contributed by atoms with E-state index in [1.807, 2.05) is 0 Å². The molecule has 116 valence electrons. The molecule has 0 spiro atoms. The van der Waals surface area contributed by atoms with E-state index < -0.39 is 9.84 Å². The zero-order chi connectivity index (χ0) is 14.8. The second-order valence-electron chi connectivity index (χ2n) is 6.35. The Bertz CT molecular complexity index is 448. The van der Waals surface area contributed by atoms with E-state index >= 15 is 0 Å². The quantitative estimate of drug-likeness (QED) is 0.791. The summed E-state index contributed by atoms with van der Waals surface area (Å²) in [5, 5.41) is 3.08. The van der Waals surface area contributed by atoms with Crippen molar-refractivity contribution in [1.82, 2.24) is 5.32 Å². The van der Waals surface area contributed by atoms with Gasteiger partial charge < -0.3 is 10.1 Å². The van der Waals surface area contributed by atoms with Gasteiger partial charge in [-0.3, -0.25) is 4.79 Å². The molecule has 4 atom stereocenters. The molecule has 0 radical (unpaired) electrons. The highest BCUT2D eigenvalue weighted by Crippen LogP contribution is 2.31. The van der Waals surface area contributed by atoms with E-state index in [-0.39, 0.29) is 36.0 Å². The van der Waals surface area contributed by atoms with Crippen molar-refractivity contribution in [1.29, 1.82) is 0 Å². The number of ether oxygens (including phenoxy) is 1. The summed E-state index contributed by atoms with van der Waals surface area (Å²) in [5.74, 6) is 1.20. The predicted molar refractivity (Wildman–Crippen MR) is 77.1 cm³/mol. The lowest BCUT2D eigenvalue weighted by Gasteiger charge is -2.32. The predicted octanol–water partition coefficient (Wildman–Crippen LogP) is 1.13. The summed E-state index contributed by atoms with van der Waals surface area (Å²) < 4.78 is 28.5. The van der Waals surface area contributed by atoms with Crippen molar-refractivity contribution in [3.05, 3.63) is 0 Å². The molecule has 2 fully saturated rings. The van der Waals surface area contributed by atoms with Crippen LogP contribution in [0.4, 0.5) is 0 Å². The molecular formula is C14H25NO4S. The topological polar surface area (TPSA) is 72.5 Å². The molecule has 2 rings (SSSR count). The number of nitrogens with one attached hydrogen (secondary N) is 1. The van der Waals surface area contributed by atoms with Gasteiger partial charge in [-0.25, -0.2) is 8.42 Å². The highest BCUT2D eigenvalue weighted by molar-refractivity contribution is 7.91. The summed E-state index contributed by atoms with van der Waals surface area (Å²) >= 11 is 0. The zero-order valence-corrected chi connectivity index (χ0v) is 13.1. The third kappa shape index (κ3) is 4.45. The minimum atomic E-state index is -3.00. The van der Waals surface area contributed by atoms with E-state index in [1.54, 1.807) is 0 Å². The van der Waals surface area contributed by atoms with Crippen LogP contribution in [0, 0.1) is 11.8 Å². The molecular weight excluding hydrogens is 278 g/mol. The lowest BCUT2D eigenvalue weighted by Crippen LogP contribution is -2.46. The summed E-state index contributed by atoms with van der Waals surface area (Å²) in [5.41, 5.74) is 0. The average molecular weight is 303 g/mol. The number of hydrogen-bond acceptors (Lipinski definition) is 5. The Morgan fingerprint density at radius 2 is 2.00 bits per heavy atom. The second-order valence-corrected chi connectivity index (χ2v) is 8.58. The van der Waals surface area contributed by atoms with Gasteiger partial charge in [-0.05, 0) is 31.1 Å². The molecule has 1 saturated heterocycles. The first-order valence-corrected chi connectivity index (χ1v) is 9.31. The van der Waals surface area contributed by atoms with Gasteiger partial charge in [-0.1, -0.05) is 13.8 Å². The number of sulfone groups is 1. The molecule has 6 heteroatoms. The fourth-order valence-corrected chi connectivity index (χ4v) is 4.48. The minimum absolute atomic E-state index is 0.00824. The van der Waals surface area contributed by atoms with Crippen molar-refractivity contribution >= 4 is 15.8 Å². The van der Waals surface area contributed by atoms with Crippen LogP contribution >= 0.6 is 0 Å². The molecule has 2 aliphatic rings. The van der Waals surface area contributed by atoms with Gasteiger partial charge in [-0.2, -0.15) is 0 Å². The summed E-state index contributed by atoms with van der Waals surface area (Å²) in [6, 6.07) is -0.291. The monoisotopic (exact) mass is 303 g/mol. The molecule has 1 aliphatic carbocycles. The molecule has 5 nitrogen and oxygen atoms in total. The SMILES string of the molecule is CC1CCC(OC(=O)CC2CS(=O)(=O)CCN2)CC1C. The van der Waals surface area contributed by atoms with Crippen LogP contribution in [0.3, 0.4) is 0 Å². The van der Waals surface area contributed by atoms with Gasteiger partial charge >= 0.3 is 5.97 Å². The summed E-state index contributed by atoms with van der Waals surface area (Å²) in [4.78, 5) is 11.9. The number of esters is 1. The maximum absolute atomic E-state index is 11.9. The molecule has 1 N–H and O–H groups in total. The second kappa shape index (κ2) is 6.43. The van der Waals surface area contributed by atoms with E-state index in [9.17, 15) is 13.2 Å². The van der Waals surface area contributed by atoms with Crippen molar-refractivity contribution in [3.63, 3.8) is 0 Å². The molecule has 4 unspecified atom stereocenters. The molecule has 1 aliphatic heterocycles. The molecule has 1 heterocycles. The number of carbonyl (C=O) groups excluding carboxylic acids is 1. The first-order valence-electron chi connectivity index (χ1n) is 7.49. The summed E-state index contributed by atoms with van der Waals surface area (Å²) in [6.45, 7) is 4.86. The van der Waals surface area contributed by atoms with Crippen LogP contribution in [0.2, 0.25) is 0 Å². The smallest absolute Gasteiger partial charge is 0.307 e. The first-order chi connectivity index (χ1) is 9.35. The van der Waals surface area contributed by atoms with Gasteiger partial charge in [0.05, 0.1) is 17.9 Å². The third-order valence-electron chi connectivity index (χ3n) is 4.56. The van der Waals surface area contributed by atoms with Gasteiger partial charge in [0.15, 0.2) is 9.84 Å². The van der Waals surface area contributed by atoms with E-state index in [1.165, 1.54) is 0 Å². The van der Waals surface area contributed by atoms with Crippen molar-refractivity contribution in [3.8, 4) is 0 Å². The van der Waals surface area contributed by atoms with Crippen molar-refractivity contribution in [2.45, 2.75) is 51.7 Å². The Hall–Kier alpha value is -0.620. The molecule has 1 saturated carbocycles. The Kier molecular flexibility index (Phi) is 5.07. The largest absolute Gasteiger partial charge is 0.462 e. The molecule has 0 aromatic rings. The Balaban J connectivity index is 1.78. The number of carbonyl (C=O) groups is 1. The fraction of sp³-hybridized carbons (Fsp3) is 0.929. The molecule has 0 aromatic carbocycles.